The quantitative estimate of drug-likeness (QED) is 0.514. The maximum atomic E-state index is 9.89. The predicted molar refractivity (Wildman–Crippen MR) is 53.2 cm³/mol. The average molecular weight is 237 g/mol. The Balaban J connectivity index is 0.000000288. The molecule has 0 amide bonds. The van der Waals surface area contributed by atoms with Crippen molar-refractivity contribution in [1.29, 1.82) is 0 Å². The largest absolute Gasteiger partial charge is 0.457 e. The van der Waals surface area contributed by atoms with Crippen LogP contribution in [0.2, 0.25) is 0 Å². The third-order valence-electron chi connectivity index (χ3n) is 1.41. The van der Waals surface area contributed by atoms with E-state index in [0.29, 0.717) is 13.2 Å². The summed E-state index contributed by atoms with van der Waals surface area (Å²) in [5.41, 5.74) is -0.738. The highest BCUT2D eigenvalue weighted by molar-refractivity contribution is 6.61. The summed E-state index contributed by atoms with van der Waals surface area (Å²) in [6, 6.07) is 0. The van der Waals surface area contributed by atoms with Gasteiger partial charge in [0.25, 0.3) is 0 Å². The zero-order valence-electron chi connectivity index (χ0n) is 8.62. The van der Waals surface area contributed by atoms with Crippen LogP contribution in [-0.2, 0) is 19.0 Å². The van der Waals surface area contributed by atoms with Crippen LogP contribution in [0, 0.1) is 0 Å². The maximum Gasteiger partial charge on any atom is 0.403 e. The van der Waals surface area contributed by atoms with Gasteiger partial charge in [0.15, 0.2) is 0 Å². The molecule has 0 spiro atoms. The molecule has 0 bridgehead atoms. The topological polar surface area (TPSA) is 61.8 Å². The number of hydrogen-bond acceptors (Lipinski definition) is 5. The Morgan fingerprint density at radius 2 is 2.40 bits per heavy atom. The van der Waals surface area contributed by atoms with Gasteiger partial charge in [-0.3, -0.25) is 0 Å². The molecule has 0 aromatic heterocycles. The van der Waals surface area contributed by atoms with E-state index < -0.39 is 5.43 Å². The average Bonchev–Trinajstić information content (AvgIpc) is 2.18. The van der Waals surface area contributed by atoms with E-state index in [2.05, 4.69) is 4.74 Å². The molecule has 0 aromatic carbocycles. The van der Waals surface area contributed by atoms with Gasteiger partial charge in [0, 0.05) is 18.0 Å². The van der Waals surface area contributed by atoms with Crippen LogP contribution in [0.4, 0.5) is 4.79 Å². The minimum Gasteiger partial charge on any atom is -0.457 e. The van der Waals surface area contributed by atoms with E-state index in [9.17, 15) is 9.59 Å². The van der Waals surface area contributed by atoms with Gasteiger partial charge < -0.3 is 14.2 Å². The van der Waals surface area contributed by atoms with E-state index in [0.717, 1.165) is 6.42 Å². The Bertz CT molecular complexity index is 247. The Morgan fingerprint density at radius 1 is 1.73 bits per heavy atom. The van der Waals surface area contributed by atoms with Crippen molar-refractivity contribution in [2.45, 2.75) is 26.4 Å². The molecule has 0 N–H and O–H groups in total. The lowest BCUT2D eigenvalue weighted by molar-refractivity contribution is -0.0515. The van der Waals surface area contributed by atoms with E-state index in [1.165, 1.54) is 0 Å². The van der Waals surface area contributed by atoms with Crippen molar-refractivity contribution in [2.24, 2.45) is 0 Å². The Morgan fingerprint density at radius 3 is 2.67 bits per heavy atom. The second-order valence-corrected chi connectivity index (χ2v) is 2.93. The lowest BCUT2D eigenvalue weighted by Gasteiger charge is -2.20. The van der Waals surface area contributed by atoms with E-state index in [4.69, 9.17) is 21.1 Å². The zero-order valence-corrected chi connectivity index (χ0v) is 9.37. The van der Waals surface area contributed by atoms with Gasteiger partial charge in [0.1, 0.15) is 6.10 Å². The van der Waals surface area contributed by atoms with Gasteiger partial charge in [-0.2, -0.15) is 0 Å². The number of carbonyl (C=O) groups is 1. The summed E-state index contributed by atoms with van der Waals surface area (Å²) in [5, 5.41) is 0. The van der Waals surface area contributed by atoms with E-state index in [1.54, 1.807) is 12.9 Å². The molecule has 1 fully saturated rings. The highest BCUT2D eigenvalue weighted by Crippen LogP contribution is 2.11. The van der Waals surface area contributed by atoms with Gasteiger partial charge >= 0.3 is 11.4 Å². The third-order valence-corrected chi connectivity index (χ3v) is 1.52. The van der Waals surface area contributed by atoms with E-state index in [-0.39, 0.29) is 12.0 Å². The second-order valence-electron chi connectivity index (χ2n) is 2.63. The molecular weight excluding hydrogens is 224 g/mol. The van der Waals surface area contributed by atoms with Gasteiger partial charge in [0.2, 0.25) is 5.94 Å². The van der Waals surface area contributed by atoms with Gasteiger partial charge in [-0.15, -0.1) is 0 Å². The fraction of sp³-hybridized carbons (Fsp3) is 0.667. The van der Waals surface area contributed by atoms with Crippen molar-refractivity contribution in [3.05, 3.63) is 5.95 Å². The van der Waals surface area contributed by atoms with Crippen molar-refractivity contribution in [3.63, 3.8) is 0 Å². The summed E-state index contributed by atoms with van der Waals surface area (Å²) in [5.74, 6) is 1.55. The molecule has 1 aliphatic rings. The number of carbonyl (C=O) groups excluding carboxylic acids is 2. The highest BCUT2D eigenvalue weighted by atomic mass is 35.5. The standard InChI is InChI=1S/C6H8O3.C3H5ClO2/c1-5-2-3-8-6(4-7)9-5;1-2-6-3(4)5/h5H,2-3H2,1H3;2H2,1H3. The number of halogens is 1. The smallest absolute Gasteiger partial charge is 0.403 e. The van der Waals surface area contributed by atoms with Crippen LogP contribution in [0.3, 0.4) is 0 Å². The van der Waals surface area contributed by atoms with Crippen molar-refractivity contribution in [1.82, 2.24) is 0 Å². The van der Waals surface area contributed by atoms with E-state index in [1.807, 2.05) is 6.92 Å². The van der Waals surface area contributed by atoms with Crippen LogP contribution < -0.4 is 0 Å². The summed E-state index contributed by atoms with van der Waals surface area (Å²) in [6.07, 6.45) is 0.931. The number of rotatable bonds is 1. The number of ether oxygens (including phenoxy) is 3. The summed E-state index contributed by atoms with van der Waals surface area (Å²) < 4.78 is 13.8. The molecule has 1 unspecified atom stereocenters. The Hall–Kier alpha value is -1.19. The second kappa shape index (κ2) is 8.15. The van der Waals surface area contributed by atoms with Gasteiger partial charge in [-0.1, -0.05) is 0 Å². The van der Waals surface area contributed by atoms with Crippen molar-refractivity contribution in [3.8, 4) is 0 Å². The summed E-state index contributed by atoms with van der Waals surface area (Å²) in [6.45, 7) is 4.49. The van der Waals surface area contributed by atoms with E-state index >= 15 is 0 Å². The fourth-order valence-electron chi connectivity index (χ4n) is 0.760. The van der Waals surface area contributed by atoms with Gasteiger partial charge in [-0.05, 0) is 13.8 Å². The summed E-state index contributed by atoms with van der Waals surface area (Å²) >= 11 is 4.72. The lowest BCUT2D eigenvalue weighted by Crippen LogP contribution is -2.19. The van der Waals surface area contributed by atoms with Gasteiger partial charge in [-0.25, -0.2) is 9.59 Å². The number of hydrogen-bond donors (Lipinski definition) is 0. The molecule has 1 saturated heterocycles. The monoisotopic (exact) mass is 236 g/mol. The molecule has 15 heavy (non-hydrogen) atoms. The molecule has 86 valence electrons. The molecule has 1 atom stereocenters. The zero-order chi connectivity index (χ0) is 11.7. The van der Waals surface area contributed by atoms with Crippen molar-refractivity contribution >= 4 is 23.0 Å². The third kappa shape index (κ3) is 7.85. The van der Waals surface area contributed by atoms with Gasteiger partial charge in [0.05, 0.1) is 13.2 Å². The molecule has 6 heteroatoms. The first-order valence-corrected chi connectivity index (χ1v) is 4.84. The van der Waals surface area contributed by atoms with Crippen LogP contribution in [-0.4, -0.2) is 30.7 Å². The normalized spacial score (nSPS) is 18.6. The minimum atomic E-state index is -0.738. The molecule has 0 aliphatic carbocycles. The molecule has 0 aromatic rings. The molecule has 5 nitrogen and oxygen atoms in total. The Labute approximate surface area is 92.9 Å². The maximum absolute atomic E-state index is 9.89. The van der Waals surface area contributed by atoms with Crippen LogP contribution in [0.15, 0.2) is 5.95 Å². The van der Waals surface area contributed by atoms with Crippen LogP contribution in [0.25, 0.3) is 0 Å². The summed E-state index contributed by atoms with van der Waals surface area (Å²) in [4.78, 5) is 19.5. The van der Waals surface area contributed by atoms with Crippen molar-refractivity contribution < 1.29 is 23.8 Å². The molecule has 0 saturated carbocycles. The first kappa shape index (κ1) is 13.8. The molecule has 0 radical (unpaired) electrons. The predicted octanol–water partition coefficient (Wildman–Crippen LogP) is 1.87. The Kier molecular flexibility index (Phi) is 7.50. The fourth-order valence-corrected chi connectivity index (χ4v) is 0.869. The SMILES string of the molecule is CC1CCOC(=C=O)O1.CCOC(=O)Cl. The first-order valence-electron chi connectivity index (χ1n) is 4.47. The van der Waals surface area contributed by atoms with Crippen LogP contribution >= 0.6 is 11.6 Å². The first-order chi connectivity index (χ1) is 7.10. The van der Waals surface area contributed by atoms with Crippen LogP contribution in [0.1, 0.15) is 20.3 Å². The minimum absolute atomic E-state index is 0.00579. The molecule has 1 heterocycles. The van der Waals surface area contributed by atoms with Crippen LogP contribution in [0.5, 0.6) is 0 Å². The molecule has 1 aliphatic heterocycles. The van der Waals surface area contributed by atoms with Crippen molar-refractivity contribution in [2.75, 3.05) is 13.2 Å². The highest BCUT2D eigenvalue weighted by Gasteiger charge is 2.14. The summed E-state index contributed by atoms with van der Waals surface area (Å²) in [7, 11) is 0. The molecular formula is C9H13ClO5. The lowest BCUT2D eigenvalue weighted by atomic mass is 10.3. The molecule has 1 rings (SSSR count).